The molecule has 0 amide bonds. The molecule has 1 saturated carbocycles. The van der Waals surface area contributed by atoms with Crippen molar-refractivity contribution in [2.24, 2.45) is 5.41 Å². The van der Waals surface area contributed by atoms with Crippen LogP contribution in [-0.2, 0) is 18.6 Å². The molecular formula is C13H27NV. The van der Waals surface area contributed by atoms with E-state index in [1.165, 1.54) is 25.7 Å². The van der Waals surface area contributed by atoms with Gasteiger partial charge in [0.25, 0.3) is 0 Å². The molecule has 15 heavy (non-hydrogen) atoms. The van der Waals surface area contributed by atoms with E-state index in [1.54, 1.807) is 0 Å². The summed E-state index contributed by atoms with van der Waals surface area (Å²) in [6, 6.07) is 0. The van der Waals surface area contributed by atoms with Crippen LogP contribution in [0.2, 0.25) is 0 Å². The molecule has 0 unspecified atom stereocenters. The van der Waals surface area contributed by atoms with Gasteiger partial charge in [-0.1, -0.05) is 40.5 Å². The average molecular weight is 248 g/mol. The monoisotopic (exact) mass is 248 g/mol. The van der Waals surface area contributed by atoms with Crippen LogP contribution in [0, 0.1) is 18.3 Å². The molecule has 0 aromatic carbocycles. The molecule has 1 N–H and O–H groups in total. The summed E-state index contributed by atoms with van der Waals surface area (Å²) in [5, 5.41) is 3.06. The van der Waals surface area contributed by atoms with Crippen LogP contribution >= 0.6 is 0 Å². The second-order valence-electron chi connectivity index (χ2n) is 4.48. The molecule has 89 valence electrons. The topological polar surface area (TPSA) is 12.0 Å². The van der Waals surface area contributed by atoms with Gasteiger partial charge in [0.2, 0.25) is 0 Å². The second-order valence-corrected chi connectivity index (χ2v) is 4.48. The first kappa shape index (κ1) is 17.9. The predicted octanol–water partition coefficient (Wildman–Crippen LogP) is 3.61. The van der Waals surface area contributed by atoms with Crippen LogP contribution in [-0.4, -0.2) is 13.1 Å². The van der Waals surface area contributed by atoms with E-state index in [1.807, 2.05) is 13.8 Å². The molecule has 2 rings (SSSR count). The van der Waals surface area contributed by atoms with Gasteiger partial charge in [0, 0.05) is 0 Å². The minimum atomic E-state index is 0. The Bertz CT molecular complexity index is 108. The van der Waals surface area contributed by atoms with Gasteiger partial charge >= 0.3 is 18.6 Å². The average Bonchev–Trinajstić information content (AvgIpc) is 2.04. The molecule has 1 nitrogen and oxygen atoms in total. The van der Waals surface area contributed by atoms with Gasteiger partial charge in [0.1, 0.15) is 0 Å². The Balaban J connectivity index is 0. The van der Waals surface area contributed by atoms with Crippen molar-refractivity contribution in [2.75, 3.05) is 13.1 Å². The SMILES string of the molecule is CC.CC1(C)CC[CH-]CC1.[CH-]1CNC1.[V+2]. The minimum absolute atomic E-state index is 0. The van der Waals surface area contributed by atoms with Crippen LogP contribution in [0.5, 0.6) is 0 Å². The molecule has 1 heterocycles. The van der Waals surface area contributed by atoms with E-state index in [0.717, 1.165) is 13.1 Å². The fourth-order valence-electron chi connectivity index (χ4n) is 1.40. The summed E-state index contributed by atoms with van der Waals surface area (Å²) in [6.07, 6.45) is 10.1. The van der Waals surface area contributed by atoms with Crippen LogP contribution in [0.15, 0.2) is 0 Å². The van der Waals surface area contributed by atoms with Gasteiger partial charge in [0.05, 0.1) is 0 Å². The van der Waals surface area contributed by atoms with Crippen molar-refractivity contribution in [3.8, 4) is 0 Å². The Morgan fingerprint density at radius 2 is 1.27 bits per heavy atom. The van der Waals surface area contributed by atoms with Gasteiger partial charge in [-0.3, -0.25) is 0 Å². The van der Waals surface area contributed by atoms with Crippen molar-refractivity contribution in [3.63, 3.8) is 0 Å². The van der Waals surface area contributed by atoms with Crippen molar-refractivity contribution < 1.29 is 18.6 Å². The quantitative estimate of drug-likeness (QED) is 0.646. The molecule has 1 saturated heterocycles. The molecule has 0 aromatic heterocycles. The van der Waals surface area contributed by atoms with E-state index in [4.69, 9.17) is 0 Å². The summed E-state index contributed by atoms with van der Waals surface area (Å²) >= 11 is 0. The zero-order valence-corrected chi connectivity index (χ0v) is 12.2. The van der Waals surface area contributed by atoms with Gasteiger partial charge in [0.15, 0.2) is 0 Å². The first-order valence-corrected chi connectivity index (χ1v) is 6.05. The van der Waals surface area contributed by atoms with Gasteiger partial charge in [-0.25, -0.2) is 0 Å². The van der Waals surface area contributed by atoms with E-state index < -0.39 is 0 Å². The van der Waals surface area contributed by atoms with Crippen molar-refractivity contribution >= 4 is 0 Å². The number of rotatable bonds is 0. The van der Waals surface area contributed by atoms with Crippen molar-refractivity contribution in [1.29, 1.82) is 0 Å². The third kappa shape index (κ3) is 10.8. The van der Waals surface area contributed by atoms with Gasteiger partial charge in [-0.15, -0.1) is 13.1 Å². The van der Waals surface area contributed by atoms with Crippen LogP contribution in [0.1, 0.15) is 53.4 Å². The molecule has 1 aliphatic carbocycles. The van der Waals surface area contributed by atoms with E-state index in [-0.39, 0.29) is 18.6 Å². The van der Waals surface area contributed by atoms with Gasteiger partial charge < -0.3 is 18.2 Å². The summed E-state index contributed by atoms with van der Waals surface area (Å²) in [7, 11) is 0. The summed E-state index contributed by atoms with van der Waals surface area (Å²) in [5.74, 6) is 0. The third-order valence-corrected chi connectivity index (χ3v) is 2.63. The smallest absolute Gasteiger partial charge is 0.376 e. The van der Waals surface area contributed by atoms with Crippen molar-refractivity contribution in [2.45, 2.75) is 53.4 Å². The van der Waals surface area contributed by atoms with Crippen LogP contribution in [0.4, 0.5) is 0 Å². The molecule has 0 atom stereocenters. The molecule has 2 fully saturated rings. The van der Waals surface area contributed by atoms with Crippen molar-refractivity contribution in [3.05, 3.63) is 12.8 Å². The van der Waals surface area contributed by atoms with Crippen LogP contribution < -0.4 is 5.32 Å². The Kier molecular flexibility index (Phi) is 13.2. The fraction of sp³-hybridized carbons (Fsp3) is 0.846. The molecular weight excluding hydrogens is 221 g/mol. The molecule has 2 heteroatoms. The summed E-state index contributed by atoms with van der Waals surface area (Å²) < 4.78 is 0. The third-order valence-electron chi connectivity index (χ3n) is 2.63. The van der Waals surface area contributed by atoms with E-state index in [2.05, 4.69) is 32.0 Å². The maximum Gasteiger partial charge on any atom is 2.00 e. The Morgan fingerprint density at radius 1 is 0.933 bits per heavy atom. The Labute approximate surface area is 109 Å². The molecule has 0 aromatic rings. The first-order valence-electron chi connectivity index (χ1n) is 6.05. The molecule has 2 aliphatic rings. The first-order chi connectivity index (χ1) is 6.71. The predicted molar refractivity (Wildman–Crippen MR) is 65.1 cm³/mol. The standard InChI is InChI=1S/C8H15.C3H6N.C2H6.V/c1-8(2)6-4-3-5-7-8;1-2-4-3-1;1-2;/h3H,4-7H2,1-2H3;1,4H,2-3H2;1-2H3;/q2*-1;;+2. The van der Waals surface area contributed by atoms with E-state index >= 15 is 0 Å². The van der Waals surface area contributed by atoms with Crippen LogP contribution in [0.25, 0.3) is 0 Å². The maximum absolute atomic E-state index is 3.06. The van der Waals surface area contributed by atoms with Crippen LogP contribution in [0.3, 0.4) is 0 Å². The van der Waals surface area contributed by atoms with Gasteiger partial charge in [-0.2, -0.15) is 12.8 Å². The molecule has 0 bridgehead atoms. The normalized spacial score (nSPS) is 21.6. The zero-order chi connectivity index (χ0) is 10.9. The summed E-state index contributed by atoms with van der Waals surface area (Å²) in [4.78, 5) is 0. The Morgan fingerprint density at radius 3 is 1.40 bits per heavy atom. The molecule has 1 aliphatic heterocycles. The van der Waals surface area contributed by atoms with E-state index in [0.29, 0.717) is 5.41 Å². The second kappa shape index (κ2) is 11.0. The van der Waals surface area contributed by atoms with E-state index in [9.17, 15) is 0 Å². The number of hydrogen-bond donors (Lipinski definition) is 1. The number of nitrogens with one attached hydrogen (secondary N) is 1. The maximum atomic E-state index is 3.06. The van der Waals surface area contributed by atoms with Gasteiger partial charge in [-0.05, 0) is 5.41 Å². The fourth-order valence-corrected chi connectivity index (χ4v) is 1.40. The van der Waals surface area contributed by atoms with Crippen molar-refractivity contribution in [1.82, 2.24) is 5.32 Å². The Hall–Kier alpha value is 0.544. The zero-order valence-electron chi connectivity index (χ0n) is 10.8. The molecule has 1 radical (unpaired) electrons. The molecule has 0 spiro atoms. The summed E-state index contributed by atoms with van der Waals surface area (Å²) in [6.45, 7) is 11.0. The minimum Gasteiger partial charge on any atom is -0.376 e. The largest absolute Gasteiger partial charge is 2.00 e. The number of hydrogen-bond acceptors (Lipinski definition) is 1. The summed E-state index contributed by atoms with van der Waals surface area (Å²) in [5.41, 5.74) is 0.648.